The molecule has 0 aliphatic carbocycles. The van der Waals surface area contributed by atoms with E-state index in [9.17, 15) is 55.6 Å². The monoisotopic (exact) mass is 584 g/mol. The molecule has 0 amide bonds. The Labute approximate surface area is 214 Å². The molecule has 20 heteroatoms. The zero-order valence-corrected chi connectivity index (χ0v) is 20.3. The zero-order valence-electron chi connectivity index (χ0n) is 19.5. The highest BCUT2D eigenvalue weighted by Crippen LogP contribution is 2.41. The number of aliphatic hydroxyl groups is 10. The van der Waals surface area contributed by atoms with Crippen LogP contribution in [-0.2, 0) is 32.8 Å². The lowest BCUT2D eigenvalue weighted by molar-refractivity contribution is -0.378. The Balaban J connectivity index is 1.78. The van der Waals surface area contributed by atoms with E-state index in [-0.39, 0.29) is 0 Å². The fourth-order valence-electron chi connectivity index (χ4n) is 4.26. The molecule has 12 N–H and O–H groups in total. The van der Waals surface area contributed by atoms with Crippen molar-refractivity contribution >= 4 is 7.82 Å². The molecule has 3 heterocycles. The number of phosphoric ester groups is 1. The molecule has 15 atom stereocenters. The van der Waals surface area contributed by atoms with Gasteiger partial charge in [0.25, 0.3) is 0 Å². The fraction of sp³-hybridized carbons (Fsp3) is 1.00. The molecule has 3 aliphatic heterocycles. The highest BCUT2D eigenvalue weighted by molar-refractivity contribution is 7.46. The maximum Gasteiger partial charge on any atom is 0.472 e. The van der Waals surface area contributed by atoms with Gasteiger partial charge in [-0.05, 0) is 0 Å². The molecule has 0 aromatic rings. The lowest BCUT2D eigenvalue weighted by atomic mass is 9.96. The van der Waals surface area contributed by atoms with Crippen molar-refractivity contribution in [3.8, 4) is 0 Å². The van der Waals surface area contributed by atoms with Gasteiger partial charge in [-0.3, -0.25) is 4.52 Å². The summed E-state index contributed by atoms with van der Waals surface area (Å²) in [6.45, 7) is -2.63. The summed E-state index contributed by atoms with van der Waals surface area (Å²) < 4.78 is 41.8. The molecule has 0 saturated carbocycles. The molecular weight excluding hydrogens is 551 g/mol. The minimum absolute atomic E-state index is 0.800. The third-order valence-electron chi connectivity index (χ3n) is 6.31. The third kappa shape index (κ3) is 6.86. The van der Waals surface area contributed by atoms with Gasteiger partial charge in [-0.1, -0.05) is 0 Å². The van der Waals surface area contributed by atoms with E-state index in [1.165, 1.54) is 0 Å². The van der Waals surface area contributed by atoms with Crippen LogP contribution in [0.4, 0.5) is 0 Å². The van der Waals surface area contributed by atoms with Crippen LogP contribution < -0.4 is 0 Å². The van der Waals surface area contributed by atoms with Gasteiger partial charge < -0.3 is 84.5 Å². The van der Waals surface area contributed by atoms with E-state index in [2.05, 4.69) is 4.52 Å². The minimum atomic E-state index is -5.20. The molecule has 19 nitrogen and oxygen atoms in total. The summed E-state index contributed by atoms with van der Waals surface area (Å²) in [6, 6.07) is 0. The molecule has 3 aliphatic rings. The first-order valence-electron chi connectivity index (χ1n) is 11.3. The Kier molecular flexibility index (Phi) is 11.0. The number of hydrogen-bond donors (Lipinski definition) is 12. The normalized spacial score (nSPS) is 48.7. The SMILES string of the molecule is O=P(O)(O)O[C@H]1O[C@H](CO)[C@@H](O[C@@H]2O[C@H](CO)[C@H](O)[C@@H](O[C@@H]3O[C@H](CO)[C@H](O)[C@@H](O)[C@H]3O)[C@H]2O)[C@@H](O)[C@H]1O. The van der Waals surface area contributed by atoms with Crippen LogP contribution in [0.2, 0.25) is 0 Å². The summed E-state index contributed by atoms with van der Waals surface area (Å²) in [6.07, 6.45) is -27.4. The number of hydrogen-bond acceptors (Lipinski definition) is 17. The van der Waals surface area contributed by atoms with Crippen molar-refractivity contribution in [2.45, 2.75) is 92.1 Å². The summed E-state index contributed by atoms with van der Waals surface area (Å²) in [5.41, 5.74) is 0. The smallest absolute Gasteiger partial charge is 0.394 e. The average molecular weight is 584 g/mol. The molecule has 3 rings (SSSR count). The van der Waals surface area contributed by atoms with Crippen LogP contribution >= 0.6 is 7.82 Å². The van der Waals surface area contributed by atoms with E-state index in [0.717, 1.165) is 0 Å². The quantitative estimate of drug-likeness (QED) is 0.112. The van der Waals surface area contributed by atoms with Crippen molar-refractivity contribution < 1.29 is 93.6 Å². The maximum atomic E-state index is 11.1. The second-order valence-electron chi connectivity index (χ2n) is 8.91. The van der Waals surface area contributed by atoms with E-state index in [1.807, 2.05) is 0 Å². The maximum absolute atomic E-state index is 11.1. The summed E-state index contributed by atoms with van der Waals surface area (Å²) in [4.78, 5) is 17.9. The predicted molar refractivity (Wildman–Crippen MR) is 112 cm³/mol. The first kappa shape index (κ1) is 32.0. The average Bonchev–Trinajstić information content (AvgIpc) is 2.86. The van der Waals surface area contributed by atoms with Crippen molar-refractivity contribution in [3.05, 3.63) is 0 Å². The van der Waals surface area contributed by atoms with Gasteiger partial charge in [0.05, 0.1) is 19.8 Å². The van der Waals surface area contributed by atoms with E-state index in [0.29, 0.717) is 0 Å². The number of rotatable bonds is 9. The molecule has 0 radical (unpaired) electrons. The minimum Gasteiger partial charge on any atom is -0.394 e. The topological polar surface area (TPSA) is 315 Å². The molecule has 0 bridgehead atoms. The van der Waals surface area contributed by atoms with Crippen molar-refractivity contribution in [3.63, 3.8) is 0 Å². The Bertz CT molecular complexity index is 796. The van der Waals surface area contributed by atoms with Crippen LogP contribution in [0.25, 0.3) is 0 Å². The van der Waals surface area contributed by atoms with Gasteiger partial charge >= 0.3 is 7.82 Å². The van der Waals surface area contributed by atoms with Crippen LogP contribution in [-0.4, -0.2) is 173 Å². The van der Waals surface area contributed by atoms with Crippen LogP contribution in [0.1, 0.15) is 0 Å². The third-order valence-corrected chi connectivity index (χ3v) is 6.80. The van der Waals surface area contributed by atoms with E-state index in [4.69, 9.17) is 33.5 Å². The van der Waals surface area contributed by atoms with Crippen molar-refractivity contribution in [2.24, 2.45) is 0 Å². The van der Waals surface area contributed by atoms with Gasteiger partial charge in [0.2, 0.25) is 0 Å². The second kappa shape index (κ2) is 13.0. The number of ether oxygens (including phenoxy) is 5. The Morgan fingerprint density at radius 2 is 0.974 bits per heavy atom. The standard InChI is InChI=1S/C18H33O19P/c19-1-4-7(22)9(24)11(26)16(32-4)36-15-8(23)5(2-20)33-17(13(15)28)35-14-6(3-21)34-18(12(27)10(14)25)37-38(29,30)31/h4-28H,1-3H2,(H2,29,30,31)/t4-,5-,6-,7+,8+,9-,10+,11-,12-,13-,14-,15-,16+,17+,18-/m1/s1. The van der Waals surface area contributed by atoms with Crippen LogP contribution in [0.15, 0.2) is 0 Å². The van der Waals surface area contributed by atoms with E-state index in [1.54, 1.807) is 0 Å². The molecule has 38 heavy (non-hydrogen) atoms. The largest absolute Gasteiger partial charge is 0.472 e. The van der Waals surface area contributed by atoms with Crippen LogP contribution in [0, 0.1) is 0 Å². The van der Waals surface area contributed by atoms with Gasteiger partial charge in [-0.15, -0.1) is 0 Å². The summed E-state index contributed by atoms with van der Waals surface area (Å²) in [5.74, 6) is 0. The Morgan fingerprint density at radius 1 is 0.526 bits per heavy atom. The molecule has 3 saturated heterocycles. The summed E-state index contributed by atoms with van der Waals surface area (Å²) in [5, 5.41) is 101. The van der Waals surface area contributed by atoms with E-state index >= 15 is 0 Å². The van der Waals surface area contributed by atoms with Crippen molar-refractivity contribution in [1.29, 1.82) is 0 Å². The Hall–Kier alpha value is -0.490. The van der Waals surface area contributed by atoms with Gasteiger partial charge in [0.15, 0.2) is 18.9 Å². The van der Waals surface area contributed by atoms with Gasteiger partial charge in [0, 0.05) is 0 Å². The second-order valence-corrected chi connectivity index (χ2v) is 10.1. The van der Waals surface area contributed by atoms with E-state index < -0.39 is 120 Å². The lowest BCUT2D eigenvalue weighted by Crippen LogP contribution is -2.66. The molecule has 0 aromatic heterocycles. The van der Waals surface area contributed by atoms with Crippen molar-refractivity contribution in [2.75, 3.05) is 19.8 Å². The van der Waals surface area contributed by atoms with Gasteiger partial charge in [0.1, 0.15) is 73.2 Å². The fourth-order valence-corrected chi connectivity index (χ4v) is 4.70. The number of aliphatic hydroxyl groups excluding tert-OH is 10. The highest BCUT2D eigenvalue weighted by atomic mass is 31.2. The zero-order chi connectivity index (χ0) is 28.5. The van der Waals surface area contributed by atoms with Crippen LogP contribution in [0.3, 0.4) is 0 Å². The predicted octanol–water partition coefficient (Wildman–Crippen LogP) is -7.46. The van der Waals surface area contributed by atoms with Crippen LogP contribution in [0.5, 0.6) is 0 Å². The molecule has 3 fully saturated rings. The Morgan fingerprint density at radius 3 is 1.50 bits per heavy atom. The highest BCUT2D eigenvalue weighted by Gasteiger charge is 2.54. The first-order valence-corrected chi connectivity index (χ1v) is 12.9. The first-order chi connectivity index (χ1) is 17.7. The molecule has 0 aromatic carbocycles. The number of phosphoric acid groups is 1. The molecule has 0 spiro atoms. The molecule has 224 valence electrons. The summed E-state index contributed by atoms with van der Waals surface area (Å²) in [7, 11) is -5.20. The lowest BCUT2D eigenvalue weighted by Gasteiger charge is -2.48. The molecule has 0 unspecified atom stereocenters. The molecular formula is C18H33O19P. The van der Waals surface area contributed by atoms with Gasteiger partial charge in [-0.25, -0.2) is 4.57 Å². The van der Waals surface area contributed by atoms with Gasteiger partial charge in [-0.2, -0.15) is 0 Å². The summed E-state index contributed by atoms with van der Waals surface area (Å²) >= 11 is 0. The van der Waals surface area contributed by atoms with Crippen molar-refractivity contribution in [1.82, 2.24) is 0 Å².